The van der Waals surface area contributed by atoms with E-state index < -0.39 is 47.6 Å². The lowest BCUT2D eigenvalue weighted by Crippen LogP contribution is -2.61. The lowest BCUT2D eigenvalue weighted by atomic mass is 9.85. The van der Waals surface area contributed by atoms with Gasteiger partial charge in [-0.15, -0.1) is 0 Å². The van der Waals surface area contributed by atoms with E-state index in [4.69, 9.17) is 11.6 Å². The van der Waals surface area contributed by atoms with Gasteiger partial charge in [-0.1, -0.05) is 17.7 Å². The smallest absolute Gasteiger partial charge is 0.345 e. The fourth-order valence-electron chi connectivity index (χ4n) is 3.65. The summed E-state index contributed by atoms with van der Waals surface area (Å²) in [6.45, 7) is -0.0611. The van der Waals surface area contributed by atoms with Gasteiger partial charge in [0.1, 0.15) is 12.1 Å². The molecule has 178 valence electrons. The molecule has 2 amide bonds. The summed E-state index contributed by atoms with van der Waals surface area (Å²) in [4.78, 5) is 34.7. The Kier molecular flexibility index (Phi) is 7.53. The second kappa shape index (κ2) is 10.0. The summed E-state index contributed by atoms with van der Waals surface area (Å²) >= 11 is 5.44. The van der Waals surface area contributed by atoms with E-state index in [1.807, 2.05) is 0 Å². The van der Waals surface area contributed by atoms with Gasteiger partial charge in [0.25, 0.3) is 17.4 Å². The number of benzene rings is 1. The van der Waals surface area contributed by atoms with Crippen molar-refractivity contribution >= 4 is 29.1 Å². The molecule has 1 fully saturated rings. The zero-order valence-electron chi connectivity index (χ0n) is 17.6. The summed E-state index contributed by atoms with van der Waals surface area (Å²) in [5.74, 6) is -3.09. The van der Waals surface area contributed by atoms with Crippen LogP contribution in [0.25, 0.3) is 0 Å². The average molecular weight is 489 g/mol. The zero-order chi connectivity index (χ0) is 24.3. The topological polar surface area (TPSA) is 84.4 Å². The highest BCUT2D eigenvalue weighted by atomic mass is 35.5. The normalized spacial score (nSPS) is 20.5. The van der Waals surface area contributed by atoms with Crippen molar-refractivity contribution in [3.63, 3.8) is 0 Å². The quantitative estimate of drug-likeness (QED) is 0.453. The average Bonchev–Trinajstić information content (AvgIpc) is 2.73. The van der Waals surface area contributed by atoms with Crippen molar-refractivity contribution in [1.82, 2.24) is 15.3 Å². The molecule has 0 saturated heterocycles. The Morgan fingerprint density at radius 1 is 1.24 bits per heavy atom. The van der Waals surface area contributed by atoms with Crippen molar-refractivity contribution in [3.05, 3.63) is 53.9 Å². The maximum Gasteiger partial charge on any atom is 0.345 e. The second-order valence-electron chi connectivity index (χ2n) is 7.79. The van der Waals surface area contributed by atoms with Crippen molar-refractivity contribution in [1.29, 1.82) is 0 Å². The molecule has 0 spiro atoms. The van der Waals surface area contributed by atoms with Crippen LogP contribution in [0.5, 0.6) is 0 Å². The third kappa shape index (κ3) is 5.25. The number of halogens is 5. The van der Waals surface area contributed by atoms with Crippen LogP contribution in [0.3, 0.4) is 0 Å². The van der Waals surface area contributed by atoms with Crippen molar-refractivity contribution in [3.8, 4) is 0 Å². The number of hydrogen-bond acceptors (Lipinski definition) is 5. The number of rotatable bonds is 8. The third-order valence-corrected chi connectivity index (χ3v) is 5.68. The first-order chi connectivity index (χ1) is 15.5. The lowest BCUT2D eigenvalue weighted by molar-refractivity contribution is -0.186. The van der Waals surface area contributed by atoms with Crippen LogP contribution in [0.15, 0.2) is 36.9 Å². The molecule has 0 unspecified atom stereocenters. The second-order valence-corrected chi connectivity index (χ2v) is 8.17. The van der Waals surface area contributed by atoms with Gasteiger partial charge in [-0.25, -0.2) is 18.7 Å². The number of anilines is 1. The fourth-order valence-corrected chi connectivity index (χ4v) is 3.75. The van der Waals surface area contributed by atoms with E-state index in [0.29, 0.717) is 10.5 Å². The van der Waals surface area contributed by atoms with Crippen LogP contribution in [0.1, 0.15) is 30.9 Å². The monoisotopic (exact) mass is 488 g/mol. The fraction of sp³-hybridized carbons (Fsp3) is 0.429. The van der Waals surface area contributed by atoms with Gasteiger partial charge in [0, 0.05) is 24.0 Å². The van der Waals surface area contributed by atoms with Crippen LogP contribution >= 0.6 is 11.6 Å². The summed E-state index contributed by atoms with van der Waals surface area (Å²) in [6.07, 6.45) is 3.09. The first kappa shape index (κ1) is 24.8. The highest BCUT2D eigenvalue weighted by Crippen LogP contribution is 2.37. The van der Waals surface area contributed by atoms with Gasteiger partial charge in [0.2, 0.25) is 0 Å². The van der Waals surface area contributed by atoms with E-state index in [1.54, 1.807) is 6.92 Å². The molecule has 1 heterocycles. The predicted octanol–water partition coefficient (Wildman–Crippen LogP) is 3.59. The molecule has 33 heavy (non-hydrogen) atoms. The molecular formula is C21H21ClF4N4O3. The van der Waals surface area contributed by atoms with Gasteiger partial charge in [0.05, 0.1) is 11.8 Å². The van der Waals surface area contributed by atoms with Gasteiger partial charge < -0.3 is 10.1 Å². The van der Waals surface area contributed by atoms with Crippen molar-refractivity contribution in [2.45, 2.75) is 56.6 Å². The molecular weight excluding hydrogens is 468 g/mol. The van der Waals surface area contributed by atoms with Crippen LogP contribution in [0, 0.1) is 12.7 Å². The minimum Gasteiger partial charge on any atom is -0.351 e. The largest absolute Gasteiger partial charge is 0.351 e. The molecule has 1 saturated carbocycles. The number of hydrogen-bond donors (Lipinski definition) is 1. The Morgan fingerprint density at radius 2 is 1.88 bits per heavy atom. The Hall–Kier alpha value is -2.79. The number of nitrogens with one attached hydrogen (secondary N) is 1. The number of nitrogens with zero attached hydrogens (tertiary/aromatic N) is 3. The highest BCUT2D eigenvalue weighted by molar-refractivity contribution is 6.32. The Morgan fingerprint density at radius 3 is 2.42 bits per heavy atom. The first-order valence-electron chi connectivity index (χ1n) is 9.92. The Bertz CT molecular complexity index is 1010. The van der Waals surface area contributed by atoms with Gasteiger partial charge in [-0.05, 0) is 44.4 Å². The molecule has 1 aromatic heterocycles. The number of alkyl halides is 4. The van der Waals surface area contributed by atoms with Gasteiger partial charge in [-0.2, -0.15) is 8.78 Å². The lowest BCUT2D eigenvalue weighted by Gasteiger charge is -2.43. The number of aryl methyl sites for hydroxylation is 1. The molecule has 3 rings (SSSR count). The van der Waals surface area contributed by atoms with Crippen molar-refractivity contribution in [2.75, 3.05) is 4.90 Å². The molecule has 0 radical (unpaired) electrons. The highest BCUT2D eigenvalue weighted by Gasteiger charge is 2.49. The molecule has 1 aromatic carbocycles. The van der Waals surface area contributed by atoms with Crippen LogP contribution in [-0.4, -0.2) is 46.2 Å². The molecule has 12 heteroatoms. The minimum atomic E-state index is -2.94. The zero-order valence-corrected chi connectivity index (χ0v) is 18.4. The molecule has 1 aliphatic rings. The van der Waals surface area contributed by atoms with Crippen LogP contribution in [-0.2, 0) is 19.9 Å². The Labute approximate surface area is 192 Å². The molecule has 0 aliphatic heterocycles. The van der Waals surface area contributed by atoms with E-state index in [2.05, 4.69) is 20.0 Å². The minimum absolute atomic E-state index is 0.0489. The summed E-state index contributed by atoms with van der Waals surface area (Å²) < 4.78 is 58.2. The van der Waals surface area contributed by atoms with Crippen LogP contribution in [0.2, 0.25) is 0 Å². The predicted molar refractivity (Wildman–Crippen MR) is 111 cm³/mol. The van der Waals surface area contributed by atoms with Gasteiger partial charge >= 0.3 is 6.61 Å². The molecule has 7 nitrogen and oxygen atoms in total. The van der Waals surface area contributed by atoms with Crippen molar-refractivity contribution in [2.24, 2.45) is 0 Å². The number of aromatic nitrogens is 2. The number of amides is 2. The number of carbonyl (C=O) groups is 2. The molecule has 1 aliphatic carbocycles. The molecule has 0 bridgehead atoms. The van der Waals surface area contributed by atoms with Crippen molar-refractivity contribution < 1.29 is 31.9 Å². The van der Waals surface area contributed by atoms with Gasteiger partial charge in [0.15, 0.2) is 5.54 Å². The maximum atomic E-state index is 14.9. The Balaban J connectivity index is 2.03. The van der Waals surface area contributed by atoms with E-state index in [1.165, 1.54) is 37.8 Å². The number of carbonyl (C=O) groups excluding carboxylic acids is 2. The summed E-state index contributed by atoms with van der Waals surface area (Å²) in [5, 5.41) is 2.63. The SMILES string of the molecule is Cc1ccc(N(C(=O)[C@H](F)Cl)[C@](C)(C(=O)NC2CC(OC(F)F)C2)c2cncnc2)c(F)c1. The first-order valence-corrected chi connectivity index (χ1v) is 10.4. The van der Waals surface area contributed by atoms with Crippen LogP contribution in [0.4, 0.5) is 23.2 Å². The maximum absolute atomic E-state index is 14.9. The molecule has 1 N–H and O–H groups in total. The molecule has 2 atom stereocenters. The standard InChI is InChI=1S/C21H21ClF4N4O3/c1-11-3-4-16(15(23)5-11)30(18(31)17(22)24)21(2,12-8-27-10-28-9-12)19(32)29-13-6-14(7-13)33-20(25)26/h3-5,8-10,13-14,17,20H,6-7H2,1-2H3,(H,29,32)/t13?,14?,17-,21-/m0/s1. The third-order valence-electron chi connectivity index (χ3n) is 5.49. The summed E-state index contributed by atoms with van der Waals surface area (Å²) in [5.41, 5.74) is -4.44. The van der Waals surface area contributed by atoms with E-state index in [-0.39, 0.29) is 24.1 Å². The summed E-state index contributed by atoms with van der Waals surface area (Å²) in [6, 6.07) is 3.28. The summed E-state index contributed by atoms with van der Waals surface area (Å²) in [7, 11) is 0. The van der Waals surface area contributed by atoms with E-state index >= 15 is 0 Å². The van der Waals surface area contributed by atoms with Gasteiger partial charge in [-0.3, -0.25) is 14.5 Å². The molecule has 2 aromatic rings. The van der Waals surface area contributed by atoms with E-state index in [9.17, 15) is 27.2 Å². The van der Waals surface area contributed by atoms with E-state index in [0.717, 1.165) is 6.07 Å². The van der Waals surface area contributed by atoms with Crippen LogP contribution < -0.4 is 10.2 Å². The number of ether oxygens (including phenoxy) is 1.